The first-order chi connectivity index (χ1) is 5.86. The largest absolute Gasteiger partial charge is 0.315 e. The summed E-state index contributed by atoms with van der Waals surface area (Å²) in [6, 6.07) is 10.8. The van der Waals surface area contributed by atoms with Crippen LogP contribution >= 0.6 is 11.6 Å². The normalized spacial score (nSPS) is 12.8. The Morgan fingerprint density at radius 1 is 1.33 bits per heavy atom. The predicted molar refractivity (Wildman–Crippen MR) is 53.7 cm³/mol. The molecule has 0 heterocycles. The van der Waals surface area contributed by atoms with Gasteiger partial charge in [-0.3, -0.25) is 0 Å². The zero-order valence-corrected chi connectivity index (χ0v) is 8.01. The Bertz CT molecular complexity index is 206. The first kappa shape index (κ1) is 9.56. The monoisotopic (exact) mass is 183 g/mol. The third-order valence-corrected chi connectivity index (χ3v) is 2.29. The minimum Gasteiger partial charge on any atom is -0.315 e. The van der Waals surface area contributed by atoms with Crippen molar-refractivity contribution in [1.82, 2.24) is 5.32 Å². The maximum absolute atomic E-state index is 5.76. The van der Waals surface area contributed by atoms with E-state index in [1.807, 2.05) is 13.1 Å². The van der Waals surface area contributed by atoms with Gasteiger partial charge in [0.05, 0.1) is 0 Å². The predicted octanol–water partition coefficient (Wildman–Crippen LogP) is 2.06. The van der Waals surface area contributed by atoms with E-state index >= 15 is 0 Å². The molecule has 0 radical (unpaired) electrons. The SMILES string of the molecule is CNC(CCl)Cc1ccccc1. The molecule has 0 bridgehead atoms. The first-order valence-electron chi connectivity index (χ1n) is 4.14. The Labute approximate surface area is 78.7 Å². The number of likely N-dealkylation sites (N-methyl/N-ethyl adjacent to an activating group) is 1. The zero-order chi connectivity index (χ0) is 8.81. The molecule has 0 amide bonds. The lowest BCUT2D eigenvalue weighted by atomic mass is 10.1. The quantitative estimate of drug-likeness (QED) is 0.705. The molecule has 1 aromatic rings. The minimum atomic E-state index is 0.383. The van der Waals surface area contributed by atoms with Crippen LogP contribution in [-0.4, -0.2) is 19.0 Å². The molecule has 0 aliphatic carbocycles. The summed E-state index contributed by atoms with van der Waals surface area (Å²) in [6.07, 6.45) is 1.00. The molecule has 1 N–H and O–H groups in total. The summed E-state index contributed by atoms with van der Waals surface area (Å²) in [7, 11) is 1.94. The maximum Gasteiger partial charge on any atom is 0.0380 e. The van der Waals surface area contributed by atoms with Gasteiger partial charge in [-0.25, -0.2) is 0 Å². The van der Waals surface area contributed by atoms with E-state index in [2.05, 4.69) is 29.6 Å². The van der Waals surface area contributed by atoms with Gasteiger partial charge in [-0.2, -0.15) is 0 Å². The van der Waals surface area contributed by atoms with Gasteiger partial charge in [-0.1, -0.05) is 30.3 Å². The lowest BCUT2D eigenvalue weighted by molar-refractivity contribution is 0.614. The van der Waals surface area contributed by atoms with Crippen LogP contribution < -0.4 is 5.32 Å². The van der Waals surface area contributed by atoms with Crippen LogP contribution in [0.1, 0.15) is 5.56 Å². The summed E-state index contributed by atoms with van der Waals surface area (Å²) in [5.41, 5.74) is 1.33. The Balaban J connectivity index is 2.51. The second-order valence-corrected chi connectivity index (χ2v) is 3.14. The number of hydrogen-bond acceptors (Lipinski definition) is 1. The lowest BCUT2D eigenvalue weighted by Gasteiger charge is -2.11. The molecule has 0 aliphatic rings. The van der Waals surface area contributed by atoms with Crippen molar-refractivity contribution >= 4 is 11.6 Å². The van der Waals surface area contributed by atoms with Crippen molar-refractivity contribution in [3.8, 4) is 0 Å². The molecule has 1 atom stereocenters. The third-order valence-electron chi connectivity index (χ3n) is 1.92. The van der Waals surface area contributed by atoms with Gasteiger partial charge in [0.15, 0.2) is 0 Å². The first-order valence-corrected chi connectivity index (χ1v) is 4.67. The fourth-order valence-corrected chi connectivity index (χ4v) is 1.40. The van der Waals surface area contributed by atoms with Crippen molar-refractivity contribution in [3.05, 3.63) is 35.9 Å². The van der Waals surface area contributed by atoms with Crippen LogP contribution in [0.25, 0.3) is 0 Å². The van der Waals surface area contributed by atoms with Crippen molar-refractivity contribution in [2.75, 3.05) is 12.9 Å². The fourth-order valence-electron chi connectivity index (χ4n) is 1.13. The van der Waals surface area contributed by atoms with Crippen LogP contribution in [0.3, 0.4) is 0 Å². The molecule has 0 saturated carbocycles. The minimum absolute atomic E-state index is 0.383. The Kier molecular flexibility index (Phi) is 4.12. The van der Waals surface area contributed by atoms with Gasteiger partial charge in [0.1, 0.15) is 0 Å². The number of rotatable bonds is 4. The van der Waals surface area contributed by atoms with E-state index in [0.29, 0.717) is 11.9 Å². The summed E-state index contributed by atoms with van der Waals surface area (Å²) in [5, 5.41) is 3.17. The fraction of sp³-hybridized carbons (Fsp3) is 0.400. The summed E-state index contributed by atoms with van der Waals surface area (Å²) >= 11 is 5.76. The van der Waals surface area contributed by atoms with Gasteiger partial charge in [-0.15, -0.1) is 11.6 Å². The molecule has 1 unspecified atom stereocenters. The van der Waals surface area contributed by atoms with Crippen LogP contribution in [0.15, 0.2) is 30.3 Å². The van der Waals surface area contributed by atoms with Crippen molar-refractivity contribution in [2.24, 2.45) is 0 Å². The molecule has 1 nitrogen and oxygen atoms in total. The molecule has 12 heavy (non-hydrogen) atoms. The molecular formula is C10H14ClN. The molecule has 0 spiro atoms. The molecule has 0 aliphatic heterocycles. The Morgan fingerprint density at radius 3 is 2.50 bits per heavy atom. The summed E-state index contributed by atoms with van der Waals surface area (Å²) in [4.78, 5) is 0. The number of halogens is 1. The van der Waals surface area contributed by atoms with Crippen molar-refractivity contribution in [1.29, 1.82) is 0 Å². The second kappa shape index (κ2) is 5.18. The molecule has 0 saturated heterocycles. The highest BCUT2D eigenvalue weighted by molar-refractivity contribution is 6.18. The highest BCUT2D eigenvalue weighted by Gasteiger charge is 2.03. The molecule has 1 rings (SSSR count). The molecule has 0 aromatic heterocycles. The lowest BCUT2D eigenvalue weighted by Crippen LogP contribution is -2.29. The zero-order valence-electron chi connectivity index (χ0n) is 7.26. The molecule has 2 heteroatoms. The van der Waals surface area contributed by atoms with Crippen molar-refractivity contribution in [3.63, 3.8) is 0 Å². The van der Waals surface area contributed by atoms with Gasteiger partial charge in [0, 0.05) is 11.9 Å². The van der Waals surface area contributed by atoms with Gasteiger partial charge in [0.25, 0.3) is 0 Å². The van der Waals surface area contributed by atoms with E-state index in [1.165, 1.54) is 5.56 Å². The van der Waals surface area contributed by atoms with E-state index in [0.717, 1.165) is 6.42 Å². The van der Waals surface area contributed by atoms with Crippen LogP contribution in [-0.2, 0) is 6.42 Å². The molecule has 66 valence electrons. The molecular weight excluding hydrogens is 170 g/mol. The van der Waals surface area contributed by atoms with Crippen LogP contribution in [0, 0.1) is 0 Å². The third kappa shape index (κ3) is 2.84. The van der Waals surface area contributed by atoms with E-state index in [1.54, 1.807) is 0 Å². The van der Waals surface area contributed by atoms with Crippen molar-refractivity contribution in [2.45, 2.75) is 12.5 Å². The van der Waals surface area contributed by atoms with E-state index in [-0.39, 0.29) is 0 Å². The summed E-state index contributed by atoms with van der Waals surface area (Å²) in [6.45, 7) is 0. The molecule has 0 fully saturated rings. The maximum atomic E-state index is 5.76. The average molecular weight is 184 g/mol. The standard InChI is InChI=1S/C10H14ClN/c1-12-10(8-11)7-9-5-3-2-4-6-9/h2-6,10,12H,7-8H2,1H3. The highest BCUT2D eigenvalue weighted by Crippen LogP contribution is 2.03. The highest BCUT2D eigenvalue weighted by atomic mass is 35.5. The van der Waals surface area contributed by atoms with Crippen LogP contribution in [0.2, 0.25) is 0 Å². The second-order valence-electron chi connectivity index (χ2n) is 2.83. The van der Waals surface area contributed by atoms with Gasteiger partial charge in [-0.05, 0) is 19.0 Å². The van der Waals surface area contributed by atoms with Gasteiger partial charge < -0.3 is 5.32 Å². The Hall–Kier alpha value is -0.530. The number of benzene rings is 1. The summed E-state index contributed by atoms with van der Waals surface area (Å²) < 4.78 is 0. The van der Waals surface area contributed by atoms with Crippen molar-refractivity contribution < 1.29 is 0 Å². The number of alkyl halides is 1. The smallest absolute Gasteiger partial charge is 0.0380 e. The topological polar surface area (TPSA) is 12.0 Å². The van der Waals surface area contributed by atoms with E-state index < -0.39 is 0 Å². The van der Waals surface area contributed by atoms with Crippen LogP contribution in [0.5, 0.6) is 0 Å². The van der Waals surface area contributed by atoms with Crippen LogP contribution in [0.4, 0.5) is 0 Å². The summed E-state index contributed by atoms with van der Waals surface area (Å²) in [5.74, 6) is 0.658. The van der Waals surface area contributed by atoms with Gasteiger partial charge in [0.2, 0.25) is 0 Å². The number of hydrogen-bond donors (Lipinski definition) is 1. The van der Waals surface area contributed by atoms with Gasteiger partial charge >= 0.3 is 0 Å². The van der Waals surface area contributed by atoms with E-state index in [9.17, 15) is 0 Å². The molecule has 1 aromatic carbocycles. The number of nitrogens with one attached hydrogen (secondary N) is 1. The van der Waals surface area contributed by atoms with E-state index in [4.69, 9.17) is 11.6 Å². The Morgan fingerprint density at radius 2 is 2.00 bits per heavy atom. The average Bonchev–Trinajstić information content (AvgIpc) is 2.16.